The molecule has 0 spiro atoms. The van der Waals surface area contributed by atoms with Crippen molar-refractivity contribution in [2.75, 3.05) is 56.7 Å². The average Bonchev–Trinajstić information content (AvgIpc) is 2.85. The van der Waals surface area contributed by atoms with Gasteiger partial charge in [0.1, 0.15) is 5.56 Å². The fourth-order valence-corrected chi connectivity index (χ4v) is 3.82. The number of alkyl halides is 6. The maximum absolute atomic E-state index is 13.1. The summed E-state index contributed by atoms with van der Waals surface area (Å²) in [5.74, 6) is 0.0199. The van der Waals surface area contributed by atoms with Gasteiger partial charge < -0.3 is 24.6 Å². The number of rotatable bonds is 9. The Kier molecular flexibility index (Phi) is 9.06. The average molecular weight is 552 g/mol. The molecule has 0 saturated carbocycles. The number of H-pyrrole nitrogens is 1. The van der Waals surface area contributed by atoms with Crippen molar-refractivity contribution in [1.29, 1.82) is 0 Å². The highest BCUT2D eigenvalue weighted by atomic mass is 19.4. The van der Waals surface area contributed by atoms with Gasteiger partial charge in [0, 0.05) is 38.4 Å². The Bertz CT molecular complexity index is 1160. The molecule has 16 heteroatoms. The summed E-state index contributed by atoms with van der Waals surface area (Å²) in [6.45, 7) is 2.79. The van der Waals surface area contributed by atoms with Gasteiger partial charge in [-0.25, -0.2) is 10.1 Å². The number of hydrogen-bond acceptors (Lipinski definition) is 8. The summed E-state index contributed by atoms with van der Waals surface area (Å²) >= 11 is 0. The van der Waals surface area contributed by atoms with E-state index in [1.807, 2.05) is 0 Å². The molecule has 1 atom stereocenters. The van der Waals surface area contributed by atoms with Crippen LogP contribution in [-0.4, -0.2) is 78.5 Å². The molecule has 210 valence electrons. The Labute approximate surface area is 212 Å². The number of aromatic amines is 1. The third kappa shape index (κ3) is 7.26. The predicted octanol–water partition coefficient (Wildman–Crippen LogP) is 2.77. The number of piperazine rings is 1. The minimum atomic E-state index is -4.87. The van der Waals surface area contributed by atoms with E-state index in [9.17, 15) is 35.9 Å². The molecule has 0 bridgehead atoms. The van der Waals surface area contributed by atoms with E-state index in [1.54, 1.807) is 21.8 Å². The number of halogens is 6. The first-order valence-corrected chi connectivity index (χ1v) is 11.4. The van der Waals surface area contributed by atoms with Gasteiger partial charge in [-0.05, 0) is 13.0 Å². The van der Waals surface area contributed by atoms with Crippen LogP contribution in [0.4, 0.5) is 37.8 Å². The molecular formula is C22H26F6N6O4. The molecule has 0 radical (unpaired) electrons. The third-order valence-electron chi connectivity index (χ3n) is 5.68. The van der Waals surface area contributed by atoms with Gasteiger partial charge in [0.2, 0.25) is 5.91 Å². The van der Waals surface area contributed by atoms with Crippen molar-refractivity contribution in [3.63, 3.8) is 0 Å². The fraction of sp³-hybridized carbons (Fsp3) is 0.545. The lowest BCUT2D eigenvalue weighted by Crippen LogP contribution is -2.49. The summed E-state index contributed by atoms with van der Waals surface area (Å²) in [5.41, 5.74) is -4.16. The number of nitrogens with one attached hydrogen (secondary N) is 2. The second-order valence-corrected chi connectivity index (χ2v) is 8.47. The molecule has 1 aliphatic heterocycles. The molecule has 1 fully saturated rings. The van der Waals surface area contributed by atoms with Gasteiger partial charge >= 0.3 is 12.4 Å². The van der Waals surface area contributed by atoms with Gasteiger partial charge in [0.15, 0.2) is 11.6 Å². The first kappa shape index (κ1) is 29.0. The van der Waals surface area contributed by atoms with Gasteiger partial charge in [-0.15, -0.1) is 0 Å². The van der Waals surface area contributed by atoms with E-state index in [1.165, 1.54) is 7.11 Å². The highest BCUT2D eigenvalue weighted by Crippen LogP contribution is 2.35. The van der Waals surface area contributed by atoms with Crippen LogP contribution in [0.15, 0.2) is 23.3 Å². The summed E-state index contributed by atoms with van der Waals surface area (Å²) in [6, 6.07) is 0.258. The SMILES string of the molecule is COc1cc(C(F)(F)F)cnc1N1CCN(C(=O)CCOC[C@H](C)Nc2cn[nH]c(=O)c2C(F)(F)F)CC1. The Balaban J connectivity index is 1.44. The smallest absolute Gasteiger partial charge is 0.423 e. The minimum Gasteiger partial charge on any atom is -0.493 e. The zero-order valence-corrected chi connectivity index (χ0v) is 20.4. The highest BCUT2D eigenvalue weighted by molar-refractivity contribution is 5.76. The van der Waals surface area contributed by atoms with E-state index in [0.29, 0.717) is 26.2 Å². The van der Waals surface area contributed by atoms with Gasteiger partial charge in [0.05, 0.1) is 44.2 Å². The molecule has 10 nitrogen and oxygen atoms in total. The zero-order valence-electron chi connectivity index (χ0n) is 20.4. The fourth-order valence-electron chi connectivity index (χ4n) is 3.82. The van der Waals surface area contributed by atoms with Crippen LogP contribution >= 0.6 is 0 Å². The second-order valence-electron chi connectivity index (χ2n) is 8.47. The standard InChI is InChI=1S/C22H26F6N6O4/c1-13(31-15-11-30-32-20(36)18(15)22(26,27)28)12-38-8-3-17(35)33-4-6-34(7-5-33)19-16(37-2)9-14(10-29-19)21(23,24)25/h9-11,13H,3-8,12H2,1-2H3,(H2,31,32,36)/t13-/m0/s1. The largest absolute Gasteiger partial charge is 0.493 e. The summed E-state index contributed by atoms with van der Waals surface area (Å²) in [5, 5.41) is 7.67. The maximum Gasteiger partial charge on any atom is 0.423 e. The topological polar surface area (TPSA) is 113 Å². The molecule has 1 aliphatic rings. The molecule has 1 amide bonds. The Hall–Kier alpha value is -3.56. The van der Waals surface area contributed by atoms with Crippen LogP contribution in [0, 0.1) is 0 Å². The maximum atomic E-state index is 13.1. The number of nitrogens with zero attached hydrogens (tertiary/aromatic N) is 4. The van der Waals surface area contributed by atoms with Crippen LogP contribution < -0.4 is 20.5 Å². The monoisotopic (exact) mass is 552 g/mol. The van der Waals surface area contributed by atoms with E-state index < -0.39 is 40.8 Å². The molecule has 1 saturated heterocycles. The van der Waals surface area contributed by atoms with Gasteiger partial charge in [0.25, 0.3) is 5.56 Å². The molecule has 2 N–H and O–H groups in total. The number of carbonyl (C=O) groups is 1. The molecule has 2 aromatic heterocycles. The highest BCUT2D eigenvalue weighted by Gasteiger charge is 2.37. The lowest BCUT2D eigenvalue weighted by Gasteiger charge is -2.36. The first-order chi connectivity index (χ1) is 17.8. The number of anilines is 2. The lowest BCUT2D eigenvalue weighted by atomic mass is 10.2. The molecule has 0 unspecified atom stereocenters. The number of carbonyl (C=O) groups excluding carboxylic acids is 1. The number of ether oxygens (including phenoxy) is 2. The summed E-state index contributed by atoms with van der Waals surface area (Å²) < 4.78 is 88.7. The van der Waals surface area contributed by atoms with Crippen molar-refractivity contribution in [3.8, 4) is 5.75 Å². The zero-order chi connectivity index (χ0) is 28.1. The van der Waals surface area contributed by atoms with Crippen LogP contribution in [0.5, 0.6) is 5.75 Å². The van der Waals surface area contributed by atoms with E-state index in [0.717, 1.165) is 18.5 Å². The van der Waals surface area contributed by atoms with Crippen molar-refractivity contribution >= 4 is 17.4 Å². The predicted molar refractivity (Wildman–Crippen MR) is 123 cm³/mol. The van der Waals surface area contributed by atoms with E-state index in [2.05, 4.69) is 15.4 Å². The second kappa shape index (κ2) is 11.9. The first-order valence-electron chi connectivity index (χ1n) is 11.4. The Morgan fingerprint density at radius 2 is 1.82 bits per heavy atom. The van der Waals surface area contributed by atoms with Gasteiger partial charge in [-0.2, -0.15) is 31.4 Å². The van der Waals surface area contributed by atoms with Crippen molar-refractivity contribution in [3.05, 3.63) is 39.9 Å². The Morgan fingerprint density at radius 3 is 2.42 bits per heavy atom. The minimum absolute atomic E-state index is 0.0130. The summed E-state index contributed by atoms with van der Waals surface area (Å²) in [6.07, 6.45) is -7.80. The number of pyridine rings is 1. The number of aromatic nitrogens is 3. The van der Waals surface area contributed by atoms with Crippen molar-refractivity contribution in [1.82, 2.24) is 20.1 Å². The van der Waals surface area contributed by atoms with Crippen molar-refractivity contribution in [2.24, 2.45) is 0 Å². The van der Waals surface area contributed by atoms with Crippen LogP contribution in [0.1, 0.15) is 24.5 Å². The van der Waals surface area contributed by atoms with Crippen LogP contribution in [0.2, 0.25) is 0 Å². The number of methoxy groups -OCH3 is 1. The van der Waals surface area contributed by atoms with E-state index in [-0.39, 0.29) is 37.1 Å². The quantitative estimate of drug-likeness (QED) is 0.361. The van der Waals surface area contributed by atoms with Crippen LogP contribution in [0.25, 0.3) is 0 Å². The van der Waals surface area contributed by atoms with E-state index in [4.69, 9.17) is 9.47 Å². The Morgan fingerprint density at radius 1 is 1.13 bits per heavy atom. The van der Waals surface area contributed by atoms with Gasteiger partial charge in [-0.1, -0.05) is 0 Å². The normalized spacial score (nSPS) is 15.4. The number of amides is 1. The summed E-state index contributed by atoms with van der Waals surface area (Å²) in [7, 11) is 1.25. The molecule has 2 aromatic rings. The third-order valence-corrected chi connectivity index (χ3v) is 5.68. The molecule has 0 aromatic carbocycles. The molecule has 0 aliphatic carbocycles. The van der Waals surface area contributed by atoms with E-state index >= 15 is 0 Å². The van der Waals surface area contributed by atoms with Crippen LogP contribution in [0.3, 0.4) is 0 Å². The number of hydrogen-bond donors (Lipinski definition) is 2. The molecule has 38 heavy (non-hydrogen) atoms. The van der Waals surface area contributed by atoms with Crippen molar-refractivity contribution < 1.29 is 40.6 Å². The van der Waals surface area contributed by atoms with Crippen LogP contribution in [-0.2, 0) is 21.9 Å². The molecular weight excluding hydrogens is 526 g/mol. The molecule has 3 heterocycles. The van der Waals surface area contributed by atoms with Gasteiger partial charge in [-0.3, -0.25) is 9.59 Å². The lowest BCUT2D eigenvalue weighted by molar-refractivity contribution is -0.138. The van der Waals surface area contributed by atoms with Crippen molar-refractivity contribution in [2.45, 2.75) is 31.7 Å². The summed E-state index contributed by atoms with van der Waals surface area (Å²) in [4.78, 5) is 31.3. The molecule has 3 rings (SSSR count).